The fourth-order valence-electron chi connectivity index (χ4n) is 2.56. The summed E-state index contributed by atoms with van der Waals surface area (Å²) in [6.07, 6.45) is 2.81. The van der Waals surface area contributed by atoms with Gasteiger partial charge in [-0.15, -0.1) is 0 Å². The molecule has 0 unspecified atom stereocenters. The molecule has 2 N–H and O–H groups in total. The molecule has 0 saturated carbocycles. The highest BCUT2D eigenvalue weighted by molar-refractivity contribution is 5.97. The Morgan fingerprint density at radius 2 is 1.88 bits per heavy atom. The summed E-state index contributed by atoms with van der Waals surface area (Å²) in [6.45, 7) is 7.57. The second-order valence-corrected chi connectivity index (χ2v) is 6.01. The Kier molecular flexibility index (Phi) is 10.5. The smallest absolute Gasteiger partial charge is 0.251 e. The normalized spacial score (nSPS) is 10.7. The molecule has 0 heterocycles. The average molecular weight is 349 g/mol. The molecule has 1 aromatic carbocycles. The predicted octanol–water partition coefficient (Wildman–Crippen LogP) is 2.51. The van der Waals surface area contributed by atoms with E-state index in [1.54, 1.807) is 31.4 Å². The van der Waals surface area contributed by atoms with Crippen LogP contribution < -0.4 is 10.6 Å². The third kappa shape index (κ3) is 8.65. The second-order valence-electron chi connectivity index (χ2n) is 6.01. The maximum Gasteiger partial charge on any atom is 0.251 e. The number of carbonyl (C=O) groups is 2. The fourth-order valence-corrected chi connectivity index (χ4v) is 2.56. The predicted molar refractivity (Wildman–Crippen MR) is 101 cm³/mol. The molecule has 0 atom stereocenters. The number of hydrogen-bond acceptors (Lipinski definition) is 4. The molecule has 0 aliphatic rings. The van der Waals surface area contributed by atoms with Gasteiger partial charge in [0, 0.05) is 31.5 Å². The summed E-state index contributed by atoms with van der Waals surface area (Å²) in [7, 11) is 1.64. The molecule has 6 nitrogen and oxygen atoms in total. The Labute approximate surface area is 150 Å². The Bertz CT molecular complexity index is 528. The van der Waals surface area contributed by atoms with Crippen LogP contribution in [-0.4, -0.2) is 56.6 Å². The van der Waals surface area contributed by atoms with Crippen LogP contribution in [-0.2, 0) is 9.53 Å². The van der Waals surface area contributed by atoms with Crippen LogP contribution in [0.5, 0.6) is 0 Å². The summed E-state index contributed by atoms with van der Waals surface area (Å²) in [4.78, 5) is 26.5. The van der Waals surface area contributed by atoms with Gasteiger partial charge >= 0.3 is 0 Å². The zero-order chi connectivity index (χ0) is 18.5. The van der Waals surface area contributed by atoms with Gasteiger partial charge in [-0.3, -0.25) is 14.5 Å². The molecule has 0 fully saturated rings. The quantitative estimate of drug-likeness (QED) is 0.569. The maximum atomic E-state index is 12.2. The summed E-state index contributed by atoms with van der Waals surface area (Å²) < 4.78 is 4.96. The number of amides is 2. The van der Waals surface area contributed by atoms with Crippen molar-refractivity contribution < 1.29 is 14.3 Å². The Hall–Kier alpha value is -1.92. The van der Waals surface area contributed by atoms with Gasteiger partial charge in [0.25, 0.3) is 5.91 Å². The molecule has 0 bridgehead atoms. The largest absolute Gasteiger partial charge is 0.385 e. The van der Waals surface area contributed by atoms with Crippen LogP contribution >= 0.6 is 0 Å². The van der Waals surface area contributed by atoms with Gasteiger partial charge in [0.05, 0.1) is 6.54 Å². The van der Waals surface area contributed by atoms with Gasteiger partial charge in [-0.2, -0.15) is 0 Å². The van der Waals surface area contributed by atoms with E-state index >= 15 is 0 Å². The first-order valence-corrected chi connectivity index (χ1v) is 9.00. The third-order valence-electron chi connectivity index (χ3n) is 3.67. The standard InChI is InChI=1S/C19H31N3O3/c1-4-11-22(12-5-2)15-18(23)21-17-9-6-8-16(14-17)19(24)20-10-7-13-25-3/h6,8-9,14H,4-5,7,10-13,15H2,1-3H3,(H,20,24)(H,21,23). The number of nitrogens with one attached hydrogen (secondary N) is 2. The van der Waals surface area contributed by atoms with E-state index in [9.17, 15) is 9.59 Å². The van der Waals surface area contributed by atoms with Gasteiger partial charge in [0.2, 0.25) is 5.91 Å². The zero-order valence-corrected chi connectivity index (χ0v) is 15.6. The Morgan fingerprint density at radius 1 is 1.16 bits per heavy atom. The molecular formula is C19H31N3O3. The summed E-state index contributed by atoms with van der Waals surface area (Å²) in [5.74, 6) is -0.203. The number of rotatable bonds is 12. The first kappa shape index (κ1) is 21.1. The number of methoxy groups -OCH3 is 1. The van der Waals surface area contributed by atoms with Crippen molar-refractivity contribution >= 4 is 17.5 Å². The van der Waals surface area contributed by atoms with Crippen molar-refractivity contribution in [2.45, 2.75) is 33.1 Å². The minimum atomic E-state index is -0.147. The highest BCUT2D eigenvalue weighted by Gasteiger charge is 2.11. The van der Waals surface area contributed by atoms with E-state index in [1.807, 2.05) is 0 Å². The number of anilines is 1. The molecule has 0 aliphatic heterocycles. The average Bonchev–Trinajstić information content (AvgIpc) is 2.59. The molecule has 0 saturated heterocycles. The summed E-state index contributed by atoms with van der Waals surface area (Å²) >= 11 is 0. The van der Waals surface area contributed by atoms with E-state index in [0.29, 0.717) is 30.9 Å². The van der Waals surface area contributed by atoms with E-state index in [-0.39, 0.29) is 11.8 Å². The van der Waals surface area contributed by atoms with Gasteiger partial charge in [0.15, 0.2) is 0 Å². The number of carbonyl (C=O) groups excluding carboxylic acids is 2. The van der Waals surface area contributed by atoms with Crippen LogP contribution in [0, 0.1) is 0 Å². The minimum Gasteiger partial charge on any atom is -0.385 e. The summed E-state index contributed by atoms with van der Waals surface area (Å²) in [5, 5.41) is 5.72. The lowest BCUT2D eigenvalue weighted by molar-refractivity contribution is -0.117. The topological polar surface area (TPSA) is 70.7 Å². The van der Waals surface area contributed by atoms with Crippen LogP contribution in [0.1, 0.15) is 43.5 Å². The van der Waals surface area contributed by atoms with Crippen LogP contribution in [0.2, 0.25) is 0 Å². The summed E-state index contributed by atoms with van der Waals surface area (Å²) in [5.41, 5.74) is 1.18. The molecule has 1 rings (SSSR count). The van der Waals surface area contributed by atoms with E-state index in [0.717, 1.165) is 32.4 Å². The van der Waals surface area contributed by atoms with Gasteiger partial charge in [0.1, 0.15) is 0 Å². The van der Waals surface area contributed by atoms with E-state index in [2.05, 4.69) is 29.4 Å². The molecule has 25 heavy (non-hydrogen) atoms. The lowest BCUT2D eigenvalue weighted by Crippen LogP contribution is -2.34. The number of hydrogen-bond donors (Lipinski definition) is 2. The van der Waals surface area contributed by atoms with Crippen molar-refractivity contribution in [3.05, 3.63) is 29.8 Å². The fraction of sp³-hybridized carbons (Fsp3) is 0.579. The Morgan fingerprint density at radius 3 is 2.52 bits per heavy atom. The zero-order valence-electron chi connectivity index (χ0n) is 15.6. The monoisotopic (exact) mass is 349 g/mol. The number of benzene rings is 1. The number of nitrogens with zero attached hydrogens (tertiary/aromatic N) is 1. The lowest BCUT2D eigenvalue weighted by Gasteiger charge is -2.20. The minimum absolute atomic E-state index is 0.0560. The molecule has 6 heteroatoms. The van der Waals surface area contributed by atoms with E-state index < -0.39 is 0 Å². The maximum absolute atomic E-state index is 12.2. The highest BCUT2D eigenvalue weighted by Crippen LogP contribution is 2.11. The molecule has 140 valence electrons. The van der Waals surface area contributed by atoms with Gasteiger partial charge < -0.3 is 15.4 Å². The lowest BCUT2D eigenvalue weighted by atomic mass is 10.2. The van der Waals surface area contributed by atoms with E-state index in [1.165, 1.54) is 0 Å². The Balaban J connectivity index is 2.56. The van der Waals surface area contributed by atoms with Crippen LogP contribution in [0.3, 0.4) is 0 Å². The van der Waals surface area contributed by atoms with Gasteiger partial charge in [-0.25, -0.2) is 0 Å². The SMILES string of the molecule is CCCN(CCC)CC(=O)Nc1cccc(C(=O)NCCCOC)c1. The first-order chi connectivity index (χ1) is 12.1. The van der Waals surface area contributed by atoms with Crippen molar-refractivity contribution in [3.63, 3.8) is 0 Å². The van der Waals surface area contributed by atoms with E-state index in [4.69, 9.17) is 4.74 Å². The molecule has 0 aromatic heterocycles. The van der Waals surface area contributed by atoms with Crippen molar-refractivity contribution in [3.8, 4) is 0 Å². The van der Waals surface area contributed by atoms with Crippen LogP contribution in [0.15, 0.2) is 24.3 Å². The highest BCUT2D eigenvalue weighted by atomic mass is 16.5. The van der Waals surface area contributed by atoms with Crippen molar-refractivity contribution in [2.24, 2.45) is 0 Å². The van der Waals surface area contributed by atoms with Crippen molar-refractivity contribution in [2.75, 3.05) is 45.2 Å². The van der Waals surface area contributed by atoms with Crippen molar-refractivity contribution in [1.82, 2.24) is 10.2 Å². The van der Waals surface area contributed by atoms with Crippen LogP contribution in [0.4, 0.5) is 5.69 Å². The molecule has 0 spiro atoms. The van der Waals surface area contributed by atoms with Crippen molar-refractivity contribution in [1.29, 1.82) is 0 Å². The van der Waals surface area contributed by atoms with Gasteiger partial charge in [-0.05, 0) is 50.6 Å². The molecular weight excluding hydrogens is 318 g/mol. The van der Waals surface area contributed by atoms with Gasteiger partial charge in [-0.1, -0.05) is 19.9 Å². The van der Waals surface area contributed by atoms with Crippen LogP contribution in [0.25, 0.3) is 0 Å². The third-order valence-corrected chi connectivity index (χ3v) is 3.67. The second kappa shape index (κ2) is 12.4. The molecule has 2 amide bonds. The first-order valence-electron chi connectivity index (χ1n) is 9.00. The molecule has 0 aliphatic carbocycles. The number of ether oxygens (including phenoxy) is 1. The molecule has 0 radical (unpaired) electrons. The molecule has 1 aromatic rings. The summed E-state index contributed by atoms with van der Waals surface area (Å²) in [6, 6.07) is 7.01.